The Labute approximate surface area is 76.3 Å². The molecule has 0 fully saturated rings. The quantitative estimate of drug-likeness (QED) is 0.482. The molecule has 1 aromatic rings. The molecule has 0 aliphatic heterocycles. The second-order valence-electron chi connectivity index (χ2n) is 2.24. The minimum absolute atomic E-state index is 0. The summed E-state index contributed by atoms with van der Waals surface area (Å²) in [4.78, 5) is 0. The monoisotopic (exact) mass is 128 g/mol. The van der Waals surface area contributed by atoms with Crippen LogP contribution in [0.2, 0.25) is 0 Å². The molecule has 0 nitrogen and oxygen atoms in total. The van der Waals surface area contributed by atoms with Crippen LogP contribution in [0.3, 0.4) is 0 Å². The van der Waals surface area contributed by atoms with Crippen LogP contribution in [0.4, 0.5) is 0 Å². The first-order chi connectivity index (χ1) is 4.43. The molecule has 1 heteroatoms. The molecule has 0 radical (unpaired) electrons. The third kappa shape index (κ3) is 3.10. The maximum atomic E-state index is 2.20. The van der Waals surface area contributed by atoms with E-state index in [-0.39, 0.29) is 20.3 Å². The van der Waals surface area contributed by atoms with E-state index in [2.05, 4.69) is 37.3 Å². The van der Waals surface area contributed by atoms with Crippen molar-refractivity contribution in [3.05, 3.63) is 35.9 Å². The first-order valence-corrected chi connectivity index (χ1v) is 3.47. The van der Waals surface area contributed by atoms with E-state index in [4.69, 9.17) is 0 Å². The normalized spacial score (nSPS) is 8.50. The summed E-state index contributed by atoms with van der Waals surface area (Å²) < 4.78 is 0. The van der Waals surface area contributed by atoms with Crippen LogP contribution in [0, 0.1) is 0 Å². The van der Waals surface area contributed by atoms with Gasteiger partial charge in [-0.05, 0) is 12.0 Å². The Morgan fingerprint density at radius 1 is 1.20 bits per heavy atom. The topological polar surface area (TPSA) is 0 Å². The van der Waals surface area contributed by atoms with Gasteiger partial charge in [0.05, 0.1) is 0 Å². The summed E-state index contributed by atoms with van der Waals surface area (Å²) in [6.07, 6.45) is 2.45. The van der Waals surface area contributed by atoms with Gasteiger partial charge in [-0.1, -0.05) is 43.7 Å². The Bertz CT molecular complexity index is 162. The van der Waals surface area contributed by atoms with Crippen molar-refractivity contribution in [3.8, 4) is 0 Å². The molecular weight excluding hydrogens is 115 g/mol. The molecule has 0 aliphatic rings. The summed E-state index contributed by atoms with van der Waals surface area (Å²) in [7, 11) is 0. The molecule has 0 aliphatic carbocycles. The molecule has 0 amide bonds. The van der Waals surface area contributed by atoms with Crippen molar-refractivity contribution in [2.45, 2.75) is 19.8 Å². The van der Waals surface area contributed by atoms with Crippen molar-refractivity contribution in [1.82, 2.24) is 0 Å². The molecule has 0 N–H and O–H groups in total. The van der Waals surface area contributed by atoms with Crippen molar-refractivity contribution in [1.29, 1.82) is 0 Å². The van der Waals surface area contributed by atoms with Crippen LogP contribution in [-0.2, 0) is 6.42 Å². The summed E-state index contributed by atoms with van der Waals surface area (Å²) in [6.45, 7) is 2.20. The zero-order chi connectivity index (χ0) is 6.53. The molecule has 1 rings (SSSR count). The molecule has 0 heterocycles. The standard InChI is InChI=1S/C9H12.Li.H/c1-2-6-9-7-4-3-5-8-9;;/h3-5,7-8H,2,6H2,1H3;;/q;+1;-1. The van der Waals surface area contributed by atoms with Gasteiger partial charge in [0.1, 0.15) is 0 Å². The van der Waals surface area contributed by atoms with E-state index in [0.29, 0.717) is 0 Å². The average Bonchev–Trinajstić information content (AvgIpc) is 1.91. The summed E-state index contributed by atoms with van der Waals surface area (Å²) in [5.41, 5.74) is 1.44. The average molecular weight is 128 g/mol. The van der Waals surface area contributed by atoms with E-state index >= 15 is 0 Å². The molecule has 1 aromatic carbocycles. The first-order valence-electron chi connectivity index (χ1n) is 3.47. The smallest absolute Gasteiger partial charge is 1.00 e. The first kappa shape index (κ1) is 9.82. The van der Waals surface area contributed by atoms with E-state index < -0.39 is 0 Å². The number of hydrogen-bond acceptors (Lipinski definition) is 0. The maximum Gasteiger partial charge on any atom is 1.00 e. The zero-order valence-corrected chi connectivity index (χ0v) is 6.80. The fraction of sp³-hybridized carbons (Fsp3) is 0.333. The predicted octanol–water partition coefficient (Wildman–Crippen LogP) is -0.244. The van der Waals surface area contributed by atoms with Gasteiger partial charge in [0.2, 0.25) is 0 Å². The summed E-state index contributed by atoms with van der Waals surface area (Å²) in [6, 6.07) is 10.6. The van der Waals surface area contributed by atoms with E-state index in [1.807, 2.05) is 0 Å². The van der Waals surface area contributed by atoms with Gasteiger partial charge in [-0.3, -0.25) is 0 Å². The fourth-order valence-electron chi connectivity index (χ4n) is 0.933. The molecule has 0 saturated carbocycles. The van der Waals surface area contributed by atoms with Crippen LogP contribution in [0.15, 0.2) is 30.3 Å². The molecule has 0 spiro atoms. The Hall–Kier alpha value is -0.183. The van der Waals surface area contributed by atoms with Gasteiger partial charge >= 0.3 is 18.9 Å². The summed E-state index contributed by atoms with van der Waals surface area (Å²) >= 11 is 0. The van der Waals surface area contributed by atoms with Crippen molar-refractivity contribution in [2.75, 3.05) is 0 Å². The molecule has 0 saturated heterocycles. The molecule has 0 aromatic heterocycles. The number of rotatable bonds is 2. The number of benzene rings is 1. The molecular formula is C9H13Li. The van der Waals surface area contributed by atoms with Crippen LogP contribution in [0.5, 0.6) is 0 Å². The fourth-order valence-corrected chi connectivity index (χ4v) is 0.933. The van der Waals surface area contributed by atoms with Crippen LogP contribution < -0.4 is 18.9 Å². The van der Waals surface area contributed by atoms with Gasteiger partial charge in [-0.2, -0.15) is 0 Å². The van der Waals surface area contributed by atoms with Crippen LogP contribution in [0.25, 0.3) is 0 Å². The maximum absolute atomic E-state index is 2.20. The van der Waals surface area contributed by atoms with E-state index in [1.165, 1.54) is 18.4 Å². The third-order valence-corrected chi connectivity index (χ3v) is 1.38. The second kappa shape index (κ2) is 5.59. The Morgan fingerprint density at radius 2 is 1.80 bits per heavy atom. The number of aryl methyl sites for hydroxylation is 1. The van der Waals surface area contributed by atoms with Crippen molar-refractivity contribution < 1.29 is 20.3 Å². The Balaban J connectivity index is 0. The van der Waals surface area contributed by atoms with E-state index in [1.54, 1.807) is 0 Å². The van der Waals surface area contributed by atoms with Crippen molar-refractivity contribution >= 4 is 0 Å². The SMILES string of the molecule is CCCc1ccccc1.[H-].[Li+]. The minimum Gasteiger partial charge on any atom is -1.00 e. The largest absolute Gasteiger partial charge is 1.00 e. The van der Waals surface area contributed by atoms with E-state index in [9.17, 15) is 0 Å². The predicted molar refractivity (Wildman–Crippen MR) is 41.5 cm³/mol. The third-order valence-electron chi connectivity index (χ3n) is 1.38. The van der Waals surface area contributed by atoms with Crippen molar-refractivity contribution in [3.63, 3.8) is 0 Å². The molecule has 0 unspecified atom stereocenters. The second-order valence-corrected chi connectivity index (χ2v) is 2.24. The van der Waals surface area contributed by atoms with Gasteiger partial charge in [0.15, 0.2) is 0 Å². The van der Waals surface area contributed by atoms with Crippen molar-refractivity contribution in [2.24, 2.45) is 0 Å². The molecule has 50 valence electrons. The summed E-state index contributed by atoms with van der Waals surface area (Å²) in [5.74, 6) is 0. The zero-order valence-electron chi connectivity index (χ0n) is 7.80. The minimum atomic E-state index is 0. The molecule has 10 heavy (non-hydrogen) atoms. The van der Waals surface area contributed by atoms with Gasteiger partial charge in [-0.15, -0.1) is 0 Å². The van der Waals surface area contributed by atoms with Crippen LogP contribution in [-0.4, -0.2) is 0 Å². The van der Waals surface area contributed by atoms with Gasteiger partial charge < -0.3 is 1.43 Å². The Kier molecular flexibility index (Phi) is 5.49. The summed E-state index contributed by atoms with van der Waals surface area (Å²) in [5, 5.41) is 0. The molecule has 0 atom stereocenters. The van der Waals surface area contributed by atoms with Gasteiger partial charge in [0, 0.05) is 0 Å². The van der Waals surface area contributed by atoms with E-state index in [0.717, 1.165) is 0 Å². The number of hydrogen-bond donors (Lipinski definition) is 0. The molecule has 0 bridgehead atoms. The van der Waals surface area contributed by atoms with Crippen LogP contribution >= 0.6 is 0 Å². The Morgan fingerprint density at radius 3 is 2.30 bits per heavy atom. The van der Waals surface area contributed by atoms with Crippen LogP contribution in [0.1, 0.15) is 20.3 Å². The van der Waals surface area contributed by atoms with Gasteiger partial charge in [-0.25, -0.2) is 0 Å². The van der Waals surface area contributed by atoms with Gasteiger partial charge in [0.25, 0.3) is 0 Å².